The quantitative estimate of drug-likeness (QED) is 0.344. The van der Waals surface area contributed by atoms with Gasteiger partial charge in [-0.25, -0.2) is 0 Å². The molecule has 4 rings (SSSR count). The highest BCUT2D eigenvalue weighted by Crippen LogP contribution is 2.66. The van der Waals surface area contributed by atoms with E-state index < -0.39 is 13.2 Å². The van der Waals surface area contributed by atoms with Crippen LogP contribution in [0.2, 0.25) is 0 Å². The lowest BCUT2D eigenvalue weighted by Crippen LogP contribution is -2.27. The Hall–Kier alpha value is -3.16. The number of benzene rings is 3. The molecule has 1 atom stereocenters. The standard InChI is InChI=1S/C27H26NO4P/c1-3-30-33(29,31-4-2)25-19-27(23-13-9-6-10-14-23,24-17-15-21(20-28)16-18-24)32-26(25)22-11-7-5-8-12-22/h5-18H,3-4,19H2,1-2H3. The van der Waals surface area contributed by atoms with Crippen LogP contribution in [0.15, 0.2) is 90.2 Å². The van der Waals surface area contributed by atoms with Gasteiger partial charge in [0, 0.05) is 23.1 Å². The maximum atomic E-state index is 14.0. The van der Waals surface area contributed by atoms with Crippen molar-refractivity contribution in [2.24, 2.45) is 0 Å². The Balaban J connectivity index is 1.94. The molecule has 0 amide bonds. The van der Waals surface area contributed by atoms with Gasteiger partial charge in [0.1, 0.15) is 5.76 Å². The molecule has 1 unspecified atom stereocenters. The van der Waals surface area contributed by atoms with Gasteiger partial charge in [-0.05, 0) is 26.0 Å². The second kappa shape index (κ2) is 9.77. The Kier molecular flexibility index (Phi) is 6.81. The van der Waals surface area contributed by atoms with Crippen molar-refractivity contribution in [3.63, 3.8) is 0 Å². The summed E-state index contributed by atoms with van der Waals surface area (Å²) in [7, 11) is -3.62. The summed E-state index contributed by atoms with van der Waals surface area (Å²) in [6.45, 7) is 4.10. The number of ether oxygens (including phenoxy) is 1. The molecule has 0 aromatic heterocycles. The Bertz CT molecular complexity index is 1210. The number of hydrogen-bond acceptors (Lipinski definition) is 5. The fourth-order valence-electron chi connectivity index (χ4n) is 4.16. The van der Waals surface area contributed by atoms with Gasteiger partial charge in [0.25, 0.3) is 0 Å². The van der Waals surface area contributed by atoms with Crippen LogP contribution in [0.1, 0.15) is 42.5 Å². The molecule has 168 valence electrons. The number of hydrogen-bond donors (Lipinski definition) is 0. The molecule has 0 spiro atoms. The fourth-order valence-corrected chi connectivity index (χ4v) is 6.07. The third kappa shape index (κ3) is 4.38. The molecule has 0 bridgehead atoms. The van der Waals surface area contributed by atoms with E-state index in [1.54, 1.807) is 26.0 Å². The summed E-state index contributed by atoms with van der Waals surface area (Å²) in [5.74, 6) is 0.508. The molecule has 3 aromatic rings. The molecule has 1 heterocycles. The molecule has 0 radical (unpaired) electrons. The molecule has 5 nitrogen and oxygen atoms in total. The van der Waals surface area contributed by atoms with Gasteiger partial charge in [-0.1, -0.05) is 72.8 Å². The minimum atomic E-state index is -3.62. The maximum absolute atomic E-state index is 14.0. The van der Waals surface area contributed by atoms with Crippen LogP contribution in [0.3, 0.4) is 0 Å². The highest BCUT2D eigenvalue weighted by Gasteiger charge is 2.50. The summed E-state index contributed by atoms with van der Waals surface area (Å²) >= 11 is 0. The summed E-state index contributed by atoms with van der Waals surface area (Å²) in [6.07, 6.45) is 0.296. The molecule has 0 fully saturated rings. The van der Waals surface area contributed by atoms with E-state index in [-0.39, 0.29) is 13.2 Å². The van der Waals surface area contributed by atoms with Crippen molar-refractivity contribution in [3.05, 3.63) is 112 Å². The van der Waals surface area contributed by atoms with Crippen LogP contribution in [0.5, 0.6) is 0 Å². The van der Waals surface area contributed by atoms with Crippen LogP contribution in [0.4, 0.5) is 0 Å². The third-order valence-electron chi connectivity index (χ3n) is 5.64. The summed E-state index contributed by atoms with van der Waals surface area (Å²) in [5, 5.41) is 9.79. The zero-order valence-electron chi connectivity index (χ0n) is 18.7. The Morgan fingerprint density at radius 1 is 0.879 bits per heavy atom. The van der Waals surface area contributed by atoms with E-state index in [2.05, 4.69) is 6.07 Å². The largest absolute Gasteiger partial charge is 0.476 e. The summed E-state index contributed by atoms with van der Waals surface area (Å²) in [4.78, 5) is 0. The highest BCUT2D eigenvalue weighted by atomic mass is 31.2. The second-order valence-electron chi connectivity index (χ2n) is 7.64. The minimum Gasteiger partial charge on any atom is -0.476 e. The van der Waals surface area contributed by atoms with Gasteiger partial charge in [-0.2, -0.15) is 5.26 Å². The minimum absolute atomic E-state index is 0.248. The van der Waals surface area contributed by atoms with Crippen LogP contribution in [-0.2, 0) is 24.0 Å². The van der Waals surface area contributed by atoms with Gasteiger partial charge >= 0.3 is 7.60 Å². The lowest BCUT2D eigenvalue weighted by molar-refractivity contribution is 0.100. The van der Waals surface area contributed by atoms with Crippen molar-refractivity contribution in [1.29, 1.82) is 5.26 Å². The average molecular weight is 459 g/mol. The Morgan fingerprint density at radius 2 is 1.42 bits per heavy atom. The van der Waals surface area contributed by atoms with Gasteiger partial charge in [-0.15, -0.1) is 0 Å². The number of nitriles is 1. The van der Waals surface area contributed by atoms with E-state index in [0.717, 1.165) is 16.7 Å². The fraction of sp³-hybridized carbons (Fsp3) is 0.222. The first kappa shape index (κ1) is 23.0. The second-order valence-corrected chi connectivity index (χ2v) is 9.69. The predicted molar refractivity (Wildman–Crippen MR) is 128 cm³/mol. The van der Waals surface area contributed by atoms with Crippen LogP contribution in [-0.4, -0.2) is 13.2 Å². The van der Waals surface area contributed by atoms with Crippen molar-refractivity contribution < 1.29 is 18.3 Å². The predicted octanol–water partition coefficient (Wildman–Crippen LogP) is 6.86. The first-order valence-corrected chi connectivity index (χ1v) is 12.5. The van der Waals surface area contributed by atoms with Crippen molar-refractivity contribution in [2.45, 2.75) is 25.9 Å². The molecule has 0 N–H and O–H groups in total. The van der Waals surface area contributed by atoms with Gasteiger partial charge < -0.3 is 13.8 Å². The van der Waals surface area contributed by atoms with Crippen molar-refractivity contribution in [2.75, 3.05) is 13.2 Å². The maximum Gasteiger partial charge on any atom is 0.361 e. The summed E-state index contributed by atoms with van der Waals surface area (Å²) in [6, 6.07) is 29.0. The van der Waals surface area contributed by atoms with E-state index in [9.17, 15) is 9.83 Å². The molecule has 33 heavy (non-hydrogen) atoms. The topological polar surface area (TPSA) is 68.6 Å². The lowest BCUT2D eigenvalue weighted by atomic mass is 9.84. The SMILES string of the molecule is CCOP(=O)(OCC)C1=C(c2ccccc2)OC(c2ccccc2)(c2ccc(C#N)cc2)C1. The number of rotatable bonds is 8. The molecule has 3 aromatic carbocycles. The molecule has 1 aliphatic rings. The monoisotopic (exact) mass is 459 g/mol. The van der Waals surface area contributed by atoms with Crippen LogP contribution in [0.25, 0.3) is 5.76 Å². The van der Waals surface area contributed by atoms with Crippen molar-refractivity contribution >= 4 is 13.4 Å². The van der Waals surface area contributed by atoms with Crippen LogP contribution < -0.4 is 0 Å². The Morgan fingerprint density at radius 3 is 1.97 bits per heavy atom. The van der Waals surface area contributed by atoms with E-state index in [1.807, 2.05) is 72.8 Å². The zero-order chi connectivity index (χ0) is 23.3. The summed E-state index contributed by atoms with van der Waals surface area (Å²) in [5.41, 5.74) is 2.19. The first-order chi connectivity index (χ1) is 16.1. The van der Waals surface area contributed by atoms with E-state index in [4.69, 9.17) is 13.8 Å². The van der Waals surface area contributed by atoms with Crippen LogP contribution >= 0.6 is 7.60 Å². The van der Waals surface area contributed by atoms with Gasteiger partial charge in [0.05, 0.1) is 30.2 Å². The molecular weight excluding hydrogens is 433 g/mol. The van der Waals surface area contributed by atoms with E-state index in [0.29, 0.717) is 23.1 Å². The summed E-state index contributed by atoms with van der Waals surface area (Å²) < 4.78 is 32.3. The van der Waals surface area contributed by atoms with Crippen molar-refractivity contribution in [1.82, 2.24) is 0 Å². The van der Waals surface area contributed by atoms with E-state index in [1.165, 1.54) is 0 Å². The lowest BCUT2D eigenvalue weighted by Gasteiger charge is -2.31. The zero-order valence-corrected chi connectivity index (χ0v) is 19.6. The van der Waals surface area contributed by atoms with Crippen LogP contribution in [0, 0.1) is 11.3 Å². The number of nitrogens with zero attached hydrogens (tertiary/aromatic N) is 1. The normalized spacial score (nSPS) is 18.1. The third-order valence-corrected chi connectivity index (χ3v) is 7.86. The highest BCUT2D eigenvalue weighted by molar-refractivity contribution is 7.58. The van der Waals surface area contributed by atoms with Gasteiger partial charge in [0.2, 0.25) is 0 Å². The van der Waals surface area contributed by atoms with E-state index >= 15 is 0 Å². The van der Waals surface area contributed by atoms with Crippen molar-refractivity contribution in [3.8, 4) is 6.07 Å². The molecular formula is C27H26NO4P. The molecule has 0 saturated heterocycles. The Labute approximate surface area is 194 Å². The molecule has 6 heteroatoms. The average Bonchev–Trinajstić information content (AvgIpc) is 3.29. The molecule has 0 aliphatic carbocycles. The first-order valence-electron chi connectivity index (χ1n) is 11.0. The molecule has 0 saturated carbocycles. The smallest absolute Gasteiger partial charge is 0.361 e. The van der Waals surface area contributed by atoms with Gasteiger partial charge in [0.15, 0.2) is 5.60 Å². The molecule has 1 aliphatic heterocycles. The van der Waals surface area contributed by atoms with Gasteiger partial charge in [-0.3, -0.25) is 4.57 Å².